The van der Waals surface area contributed by atoms with Gasteiger partial charge in [-0.2, -0.15) is 0 Å². The quantitative estimate of drug-likeness (QED) is 0.816. The van der Waals surface area contributed by atoms with Gasteiger partial charge in [-0.3, -0.25) is 4.79 Å². The van der Waals surface area contributed by atoms with Crippen molar-refractivity contribution >= 4 is 18.3 Å². The van der Waals surface area contributed by atoms with Crippen LogP contribution in [0.15, 0.2) is 0 Å². The molecule has 0 aromatic heterocycles. The van der Waals surface area contributed by atoms with Gasteiger partial charge in [-0.05, 0) is 38.0 Å². The first-order valence-corrected chi connectivity index (χ1v) is 7.78. The van der Waals surface area contributed by atoms with Crippen LogP contribution in [-0.4, -0.2) is 29.4 Å². The number of hydrogen-bond acceptors (Lipinski definition) is 2. The Morgan fingerprint density at radius 2 is 1.84 bits per heavy atom. The van der Waals surface area contributed by atoms with E-state index in [0.29, 0.717) is 6.04 Å². The maximum atomic E-state index is 12.5. The van der Waals surface area contributed by atoms with Crippen molar-refractivity contribution in [3.05, 3.63) is 0 Å². The van der Waals surface area contributed by atoms with Crippen molar-refractivity contribution < 1.29 is 4.79 Å². The smallest absolute Gasteiger partial charge is 0.239 e. The van der Waals surface area contributed by atoms with Gasteiger partial charge in [0.2, 0.25) is 5.91 Å². The monoisotopic (exact) mass is 288 g/mol. The molecule has 2 fully saturated rings. The van der Waals surface area contributed by atoms with Crippen LogP contribution in [0, 0.1) is 5.92 Å². The van der Waals surface area contributed by atoms with Gasteiger partial charge in [-0.25, -0.2) is 0 Å². The normalized spacial score (nSPS) is 21.6. The van der Waals surface area contributed by atoms with Crippen LogP contribution >= 0.6 is 12.4 Å². The molecule has 0 aromatic rings. The molecule has 2 aliphatic carbocycles. The van der Waals surface area contributed by atoms with Crippen molar-refractivity contribution in [2.24, 2.45) is 11.7 Å². The summed E-state index contributed by atoms with van der Waals surface area (Å²) in [4.78, 5) is 14.6. The number of nitrogens with two attached hydrogens (primary N) is 1. The molecule has 2 aliphatic rings. The molecule has 112 valence electrons. The molecule has 0 saturated heterocycles. The van der Waals surface area contributed by atoms with E-state index in [1.165, 1.54) is 44.9 Å². The molecule has 2 N–H and O–H groups in total. The molecular formula is C15H29ClN2O. The summed E-state index contributed by atoms with van der Waals surface area (Å²) < 4.78 is 0. The lowest BCUT2D eigenvalue weighted by atomic mass is 9.93. The molecule has 19 heavy (non-hydrogen) atoms. The Labute approximate surface area is 123 Å². The Balaban J connectivity index is 0.00000180. The van der Waals surface area contributed by atoms with Crippen LogP contribution in [0.5, 0.6) is 0 Å². The van der Waals surface area contributed by atoms with Crippen molar-refractivity contribution in [3.8, 4) is 0 Å². The molecule has 2 rings (SSSR count). The summed E-state index contributed by atoms with van der Waals surface area (Å²) >= 11 is 0. The summed E-state index contributed by atoms with van der Waals surface area (Å²) in [7, 11) is 0. The number of rotatable bonds is 6. The fourth-order valence-corrected chi connectivity index (χ4v) is 3.04. The summed E-state index contributed by atoms with van der Waals surface area (Å²) in [6, 6.07) is 0.213. The largest absolute Gasteiger partial charge is 0.338 e. The Morgan fingerprint density at radius 1 is 1.21 bits per heavy atom. The van der Waals surface area contributed by atoms with Gasteiger partial charge < -0.3 is 10.6 Å². The third-order valence-electron chi connectivity index (χ3n) is 4.37. The van der Waals surface area contributed by atoms with Crippen molar-refractivity contribution in [2.75, 3.05) is 6.54 Å². The Bertz CT molecular complexity index is 275. The van der Waals surface area contributed by atoms with Crippen LogP contribution in [0.3, 0.4) is 0 Å². The third kappa shape index (κ3) is 4.96. The molecule has 1 atom stereocenters. The highest BCUT2D eigenvalue weighted by atomic mass is 35.5. The van der Waals surface area contributed by atoms with E-state index < -0.39 is 0 Å². The van der Waals surface area contributed by atoms with E-state index in [1.807, 2.05) is 0 Å². The van der Waals surface area contributed by atoms with Crippen LogP contribution in [0.4, 0.5) is 0 Å². The second-order valence-electron chi connectivity index (χ2n) is 6.12. The fourth-order valence-electron chi connectivity index (χ4n) is 3.04. The van der Waals surface area contributed by atoms with Crippen molar-refractivity contribution in [1.29, 1.82) is 0 Å². The lowest BCUT2D eigenvalue weighted by Gasteiger charge is -2.36. The molecule has 3 nitrogen and oxygen atoms in total. The topological polar surface area (TPSA) is 46.3 Å². The molecule has 2 saturated carbocycles. The van der Waals surface area contributed by atoms with Gasteiger partial charge in [-0.1, -0.05) is 32.6 Å². The molecule has 0 radical (unpaired) electrons. The van der Waals surface area contributed by atoms with E-state index in [9.17, 15) is 4.79 Å². The van der Waals surface area contributed by atoms with Gasteiger partial charge in [0.1, 0.15) is 0 Å². The molecule has 1 amide bonds. The molecule has 0 spiro atoms. The van der Waals surface area contributed by atoms with E-state index in [-0.39, 0.29) is 24.4 Å². The number of halogens is 1. The first-order valence-electron chi connectivity index (χ1n) is 7.78. The maximum Gasteiger partial charge on any atom is 0.239 e. The van der Waals surface area contributed by atoms with Crippen molar-refractivity contribution in [3.63, 3.8) is 0 Å². The van der Waals surface area contributed by atoms with Crippen LogP contribution in [-0.2, 0) is 4.79 Å². The van der Waals surface area contributed by atoms with Crippen LogP contribution in [0.1, 0.15) is 64.7 Å². The number of hydrogen-bond donors (Lipinski definition) is 1. The highest BCUT2D eigenvalue weighted by Crippen LogP contribution is 2.33. The lowest BCUT2D eigenvalue weighted by Crippen LogP contribution is -2.50. The van der Waals surface area contributed by atoms with Gasteiger partial charge in [-0.15, -0.1) is 12.4 Å². The Hall–Kier alpha value is -0.280. The van der Waals surface area contributed by atoms with Gasteiger partial charge in [0, 0.05) is 12.6 Å². The average molecular weight is 289 g/mol. The summed E-state index contributed by atoms with van der Waals surface area (Å²) in [5, 5.41) is 0. The first-order chi connectivity index (χ1) is 8.72. The van der Waals surface area contributed by atoms with E-state index >= 15 is 0 Å². The SMILES string of the molecule is CCCC(N)C(=O)N(CC1CC1)C1CCCCC1.Cl. The van der Waals surface area contributed by atoms with E-state index in [0.717, 1.165) is 25.3 Å². The summed E-state index contributed by atoms with van der Waals surface area (Å²) in [6.45, 7) is 3.07. The highest BCUT2D eigenvalue weighted by Gasteiger charge is 2.33. The molecule has 0 aromatic carbocycles. The second kappa shape index (κ2) is 8.11. The number of amides is 1. The summed E-state index contributed by atoms with van der Waals surface area (Å²) in [6.07, 6.45) is 10.7. The molecule has 0 bridgehead atoms. The second-order valence-corrected chi connectivity index (χ2v) is 6.12. The predicted octanol–water partition coefficient (Wildman–Crippen LogP) is 3.11. The first kappa shape index (κ1) is 16.8. The van der Waals surface area contributed by atoms with Gasteiger partial charge >= 0.3 is 0 Å². The van der Waals surface area contributed by atoms with Crippen molar-refractivity contribution in [2.45, 2.75) is 76.8 Å². The predicted molar refractivity (Wildman–Crippen MR) is 81.4 cm³/mol. The van der Waals surface area contributed by atoms with Gasteiger partial charge in [0.25, 0.3) is 0 Å². The molecule has 0 heterocycles. The minimum absolute atomic E-state index is 0. The van der Waals surface area contributed by atoms with Crippen LogP contribution < -0.4 is 5.73 Å². The van der Waals surface area contributed by atoms with Crippen LogP contribution in [0.25, 0.3) is 0 Å². The zero-order valence-electron chi connectivity index (χ0n) is 12.1. The van der Waals surface area contributed by atoms with Gasteiger partial charge in [0.05, 0.1) is 6.04 Å². The Morgan fingerprint density at radius 3 is 2.37 bits per heavy atom. The van der Waals surface area contributed by atoms with Crippen molar-refractivity contribution in [1.82, 2.24) is 4.90 Å². The summed E-state index contributed by atoms with van der Waals surface area (Å²) in [5.74, 6) is 0.986. The highest BCUT2D eigenvalue weighted by molar-refractivity contribution is 5.85. The molecule has 0 aliphatic heterocycles. The van der Waals surface area contributed by atoms with Gasteiger partial charge in [0.15, 0.2) is 0 Å². The van der Waals surface area contributed by atoms with E-state index in [4.69, 9.17) is 5.73 Å². The van der Waals surface area contributed by atoms with E-state index in [2.05, 4.69) is 11.8 Å². The molecule has 4 heteroatoms. The van der Waals surface area contributed by atoms with Crippen LogP contribution in [0.2, 0.25) is 0 Å². The zero-order chi connectivity index (χ0) is 13.0. The minimum Gasteiger partial charge on any atom is -0.338 e. The number of nitrogens with zero attached hydrogens (tertiary/aromatic N) is 1. The Kier molecular flexibility index (Phi) is 7.16. The maximum absolute atomic E-state index is 12.5. The minimum atomic E-state index is -0.268. The van der Waals surface area contributed by atoms with E-state index in [1.54, 1.807) is 0 Å². The molecule has 1 unspecified atom stereocenters. The average Bonchev–Trinajstić information content (AvgIpc) is 3.20. The standard InChI is InChI=1S/C15H28N2O.ClH/c1-2-6-14(16)15(18)17(11-12-9-10-12)13-7-4-3-5-8-13;/h12-14H,2-11,16H2,1H3;1H. The fraction of sp³-hybridized carbons (Fsp3) is 0.933. The lowest BCUT2D eigenvalue weighted by molar-refractivity contribution is -0.136. The number of carbonyl (C=O) groups excluding carboxylic acids is 1. The third-order valence-corrected chi connectivity index (χ3v) is 4.37. The summed E-state index contributed by atoms with van der Waals surface area (Å²) in [5.41, 5.74) is 6.04. The number of carbonyl (C=O) groups is 1. The zero-order valence-corrected chi connectivity index (χ0v) is 13.0. The molecular weight excluding hydrogens is 260 g/mol.